The van der Waals surface area contributed by atoms with E-state index in [0.29, 0.717) is 5.56 Å². The molecule has 1 N–H and O–H groups in total. The molecule has 0 unspecified atom stereocenters. The van der Waals surface area contributed by atoms with E-state index in [-0.39, 0.29) is 0 Å². The van der Waals surface area contributed by atoms with Gasteiger partial charge in [-0.25, -0.2) is 4.79 Å². The summed E-state index contributed by atoms with van der Waals surface area (Å²) in [5, 5.41) is 10.3. The van der Waals surface area contributed by atoms with Gasteiger partial charge in [-0.2, -0.15) is 0 Å². The number of hydrogen-bond acceptors (Lipinski definition) is 2. The van der Waals surface area contributed by atoms with Gasteiger partial charge in [0.25, 0.3) is 0 Å². The lowest BCUT2D eigenvalue weighted by Crippen LogP contribution is -2.03. The summed E-state index contributed by atoms with van der Waals surface area (Å²) in [4.78, 5) is 14.0. The van der Waals surface area contributed by atoms with Gasteiger partial charge >= 0.3 is 5.97 Å². The molecule has 0 aliphatic carbocycles. The van der Waals surface area contributed by atoms with E-state index in [1.54, 1.807) is 23.5 Å². The number of rotatable bonds is 4. The molecule has 3 rings (SSSR count). The number of carboxylic acids is 1. The van der Waals surface area contributed by atoms with Gasteiger partial charge in [0.1, 0.15) is 0 Å². The van der Waals surface area contributed by atoms with Crippen LogP contribution in [-0.4, -0.2) is 15.6 Å². The summed E-state index contributed by atoms with van der Waals surface area (Å²) in [6.07, 6.45) is 3.00. The number of aryl methyl sites for hydroxylation is 1. The fraction of sp³-hybridized carbons (Fsp3) is 0.188. The number of hydrogen-bond donors (Lipinski definition) is 1. The zero-order chi connectivity index (χ0) is 14.1. The van der Waals surface area contributed by atoms with Gasteiger partial charge in [0, 0.05) is 21.3 Å². The van der Waals surface area contributed by atoms with E-state index in [2.05, 4.69) is 19.1 Å². The summed E-state index contributed by atoms with van der Waals surface area (Å²) >= 11 is 1.79. The molecule has 0 radical (unpaired) electrons. The van der Waals surface area contributed by atoms with E-state index in [4.69, 9.17) is 0 Å². The first-order chi connectivity index (χ1) is 9.69. The molecule has 102 valence electrons. The fourth-order valence-corrected chi connectivity index (χ4v) is 3.39. The van der Waals surface area contributed by atoms with Gasteiger partial charge in [0.2, 0.25) is 0 Å². The van der Waals surface area contributed by atoms with Gasteiger partial charge in [-0.1, -0.05) is 19.1 Å². The zero-order valence-electron chi connectivity index (χ0n) is 11.2. The van der Waals surface area contributed by atoms with Crippen molar-refractivity contribution in [3.05, 3.63) is 57.9 Å². The lowest BCUT2D eigenvalue weighted by atomic mass is 10.1. The monoisotopic (exact) mass is 285 g/mol. The molecule has 0 saturated carbocycles. The molecular weight excluding hydrogens is 270 g/mol. The second-order valence-corrected chi connectivity index (χ2v) is 5.97. The van der Waals surface area contributed by atoms with Crippen molar-refractivity contribution in [2.45, 2.75) is 19.9 Å². The summed E-state index contributed by atoms with van der Waals surface area (Å²) in [5.41, 5.74) is 1.16. The number of fused-ring (bicyclic) bond motifs is 1. The van der Waals surface area contributed by atoms with Crippen LogP contribution in [0.1, 0.15) is 27.0 Å². The molecule has 0 aliphatic heterocycles. The lowest BCUT2D eigenvalue weighted by Gasteiger charge is -2.06. The molecule has 3 aromatic rings. The number of benzene rings is 1. The normalized spacial score (nSPS) is 11.1. The van der Waals surface area contributed by atoms with Crippen LogP contribution in [0.2, 0.25) is 0 Å². The van der Waals surface area contributed by atoms with Crippen molar-refractivity contribution in [3.63, 3.8) is 0 Å². The molecule has 0 atom stereocenters. The molecule has 20 heavy (non-hydrogen) atoms. The van der Waals surface area contributed by atoms with Crippen LogP contribution >= 0.6 is 11.3 Å². The van der Waals surface area contributed by atoms with Crippen molar-refractivity contribution in [2.24, 2.45) is 0 Å². The molecule has 0 saturated heterocycles. The van der Waals surface area contributed by atoms with E-state index >= 15 is 0 Å². The first kappa shape index (κ1) is 12.9. The third kappa shape index (κ3) is 2.23. The number of carbonyl (C=O) groups is 1. The number of aromatic nitrogens is 1. The highest BCUT2D eigenvalue weighted by Gasteiger charge is 2.12. The predicted octanol–water partition coefficient (Wildman–Crippen LogP) is 4.01. The maximum absolute atomic E-state index is 11.4. The smallest absolute Gasteiger partial charge is 0.337 e. The molecule has 0 amide bonds. The lowest BCUT2D eigenvalue weighted by molar-refractivity contribution is 0.0698. The average molecular weight is 285 g/mol. The first-order valence-electron chi connectivity index (χ1n) is 6.57. The van der Waals surface area contributed by atoms with Gasteiger partial charge in [0.15, 0.2) is 0 Å². The van der Waals surface area contributed by atoms with Crippen molar-refractivity contribution in [1.29, 1.82) is 0 Å². The van der Waals surface area contributed by atoms with Gasteiger partial charge < -0.3 is 9.67 Å². The molecule has 2 heterocycles. The van der Waals surface area contributed by atoms with E-state index < -0.39 is 5.97 Å². The van der Waals surface area contributed by atoms with Gasteiger partial charge in [-0.3, -0.25) is 0 Å². The van der Waals surface area contributed by atoms with Crippen molar-refractivity contribution in [3.8, 4) is 0 Å². The van der Waals surface area contributed by atoms with Crippen LogP contribution < -0.4 is 0 Å². The summed E-state index contributed by atoms with van der Waals surface area (Å²) < 4.78 is 2.02. The first-order valence-corrected chi connectivity index (χ1v) is 7.39. The summed E-state index contributed by atoms with van der Waals surface area (Å²) in [6, 6.07) is 11.6. The van der Waals surface area contributed by atoms with E-state index in [0.717, 1.165) is 23.9 Å². The van der Waals surface area contributed by atoms with Crippen LogP contribution in [0.4, 0.5) is 0 Å². The topological polar surface area (TPSA) is 42.2 Å². The van der Waals surface area contributed by atoms with Crippen molar-refractivity contribution in [2.75, 3.05) is 0 Å². The fourth-order valence-electron chi connectivity index (χ4n) is 2.43. The molecule has 0 spiro atoms. The predicted molar refractivity (Wildman–Crippen MR) is 81.7 cm³/mol. The Morgan fingerprint density at radius 2 is 2.00 bits per heavy atom. The van der Waals surface area contributed by atoms with Crippen LogP contribution in [0.3, 0.4) is 0 Å². The quantitative estimate of drug-likeness (QED) is 0.787. The van der Waals surface area contributed by atoms with E-state index in [1.165, 1.54) is 9.75 Å². The molecule has 0 bridgehead atoms. The average Bonchev–Trinajstić information content (AvgIpc) is 3.06. The van der Waals surface area contributed by atoms with Crippen molar-refractivity contribution >= 4 is 28.2 Å². The van der Waals surface area contributed by atoms with Crippen LogP contribution in [0.5, 0.6) is 0 Å². The zero-order valence-corrected chi connectivity index (χ0v) is 12.0. The minimum absolute atomic E-state index is 0.361. The van der Waals surface area contributed by atoms with Gasteiger partial charge in [-0.15, -0.1) is 11.3 Å². The number of para-hydroxylation sites is 1. The largest absolute Gasteiger partial charge is 0.478 e. The highest BCUT2D eigenvalue weighted by molar-refractivity contribution is 7.11. The Morgan fingerprint density at radius 3 is 2.70 bits per heavy atom. The van der Waals surface area contributed by atoms with E-state index in [1.807, 2.05) is 22.9 Å². The maximum atomic E-state index is 11.4. The van der Waals surface area contributed by atoms with Crippen molar-refractivity contribution < 1.29 is 9.90 Å². The molecule has 4 heteroatoms. The summed E-state index contributed by atoms with van der Waals surface area (Å²) in [7, 11) is 0. The molecule has 0 fully saturated rings. The second kappa shape index (κ2) is 5.13. The standard InChI is InChI=1S/C16H15NO2S/c1-2-12-6-7-13(20-12)10-17-9-8-11-4-3-5-14(15(11)17)16(18)19/h3-9H,2,10H2,1H3,(H,18,19). The Bertz CT molecular complexity index is 770. The van der Waals surface area contributed by atoms with Crippen molar-refractivity contribution in [1.82, 2.24) is 4.57 Å². The SMILES string of the molecule is CCc1ccc(Cn2ccc3cccc(C(=O)O)c32)s1. The van der Waals surface area contributed by atoms with Gasteiger partial charge in [0.05, 0.1) is 17.6 Å². The van der Waals surface area contributed by atoms with Crippen LogP contribution in [0.25, 0.3) is 10.9 Å². The molecular formula is C16H15NO2S. The Kier molecular flexibility index (Phi) is 3.32. The van der Waals surface area contributed by atoms with Crippen LogP contribution in [0.15, 0.2) is 42.6 Å². The molecule has 1 aromatic carbocycles. The Balaban J connectivity index is 2.05. The third-order valence-corrected chi connectivity index (χ3v) is 4.63. The molecule has 3 nitrogen and oxygen atoms in total. The Morgan fingerprint density at radius 1 is 1.20 bits per heavy atom. The maximum Gasteiger partial charge on any atom is 0.337 e. The highest BCUT2D eigenvalue weighted by atomic mass is 32.1. The highest BCUT2D eigenvalue weighted by Crippen LogP contribution is 2.24. The summed E-state index contributed by atoms with van der Waals surface area (Å²) in [5.74, 6) is -0.879. The number of nitrogens with zero attached hydrogens (tertiary/aromatic N) is 1. The van der Waals surface area contributed by atoms with Crippen LogP contribution in [0, 0.1) is 0 Å². The minimum atomic E-state index is -0.879. The second-order valence-electron chi connectivity index (χ2n) is 4.71. The Labute approximate surface area is 121 Å². The Hall–Kier alpha value is -2.07. The van der Waals surface area contributed by atoms with Gasteiger partial charge in [-0.05, 0) is 30.7 Å². The number of aromatic carboxylic acids is 1. The number of thiophene rings is 1. The van der Waals surface area contributed by atoms with E-state index in [9.17, 15) is 9.90 Å². The molecule has 2 aromatic heterocycles. The molecule has 0 aliphatic rings. The number of carboxylic acid groups (broad SMARTS) is 1. The third-order valence-electron chi connectivity index (χ3n) is 3.41. The minimum Gasteiger partial charge on any atom is -0.478 e. The summed E-state index contributed by atoms with van der Waals surface area (Å²) in [6.45, 7) is 2.86. The van der Waals surface area contributed by atoms with Crippen LogP contribution in [-0.2, 0) is 13.0 Å².